The van der Waals surface area contributed by atoms with Gasteiger partial charge in [-0.05, 0) is 126 Å². The van der Waals surface area contributed by atoms with Crippen LogP contribution in [0.15, 0.2) is 21.1 Å². The molecule has 5 aromatic rings. The lowest BCUT2D eigenvalue weighted by Gasteiger charge is -2.32. The van der Waals surface area contributed by atoms with Crippen LogP contribution in [0.1, 0.15) is 110 Å². The van der Waals surface area contributed by atoms with Crippen molar-refractivity contribution in [1.29, 1.82) is 0 Å². The second-order valence-electron chi connectivity index (χ2n) is 15.0. The number of esters is 1. The number of ether oxygens (including phenoxy) is 1. The summed E-state index contributed by atoms with van der Waals surface area (Å²) < 4.78 is 27.8. The van der Waals surface area contributed by atoms with Gasteiger partial charge in [0.25, 0.3) is 0 Å². The van der Waals surface area contributed by atoms with Crippen molar-refractivity contribution < 1.29 is 29.1 Å². The molecule has 2 N–H and O–H groups in total. The van der Waals surface area contributed by atoms with Gasteiger partial charge in [0.2, 0.25) is 0 Å². The Morgan fingerprint density at radius 1 is 0.661 bits per heavy atom. The molecule has 0 aromatic carbocycles. The first-order chi connectivity index (χ1) is 27.4. The quantitative estimate of drug-likeness (QED) is 0.150. The fourth-order valence-electron chi connectivity index (χ4n) is 6.14. The molecule has 0 unspecified atom stereocenters. The van der Waals surface area contributed by atoms with E-state index in [9.17, 15) is 4.79 Å². The number of aliphatic hydroxyl groups is 2. The molecule has 0 amide bonds. The van der Waals surface area contributed by atoms with E-state index in [1.807, 2.05) is 78.2 Å². The van der Waals surface area contributed by atoms with Crippen LogP contribution in [0.25, 0.3) is 0 Å². The third-order valence-electron chi connectivity index (χ3n) is 9.97. The van der Waals surface area contributed by atoms with Gasteiger partial charge in [-0.3, -0.25) is 23.4 Å². The molecule has 0 saturated carbocycles. The highest BCUT2D eigenvalue weighted by Gasteiger charge is 2.53. The van der Waals surface area contributed by atoms with E-state index in [4.69, 9.17) is 24.3 Å². The smallest absolute Gasteiger partial charge is 0.461 e. The molecule has 1 aliphatic rings. The number of aromatic nitrogens is 10. The van der Waals surface area contributed by atoms with E-state index < -0.39 is 0 Å². The average molecular weight is 953 g/mol. The lowest BCUT2D eigenvalue weighted by molar-refractivity contribution is 0.00578. The van der Waals surface area contributed by atoms with Crippen LogP contribution in [0.3, 0.4) is 0 Å². The lowest BCUT2D eigenvalue weighted by Crippen LogP contribution is -2.41. The molecule has 0 bridgehead atoms. The fourth-order valence-corrected chi connectivity index (χ4v) is 7.22. The Hall–Kier alpha value is -3.62. The minimum absolute atomic E-state index is 0.0257. The third-order valence-corrected chi connectivity index (χ3v) is 12.0. The van der Waals surface area contributed by atoms with Crippen molar-refractivity contribution in [1.82, 2.24) is 48.9 Å². The van der Waals surface area contributed by atoms with Crippen molar-refractivity contribution in [3.8, 4) is 0 Å². The maximum absolute atomic E-state index is 11.2. The molecule has 0 atom stereocenters. The van der Waals surface area contributed by atoms with Gasteiger partial charge in [0.15, 0.2) is 0 Å². The summed E-state index contributed by atoms with van der Waals surface area (Å²) in [4.78, 5) is 11.2. The van der Waals surface area contributed by atoms with Crippen molar-refractivity contribution in [2.24, 2.45) is 35.2 Å². The molecular weight excluding hydrogens is 887 g/mol. The number of carbonyl (C=O) groups is 1. The number of aryl methyl sites for hydroxylation is 10. The summed E-state index contributed by atoms with van der Waals surface area (Å²) in [5.41, 5.74) is 9.85. The fraction of sp³-hybridized carbons (Fsp3) is 0.600. The highest BCUT2D eigenvalue weighted by atomic mass is 79.9. The Morgan fingerprint density at radius 3 is 1.41 bits per heavy atom. The van der Waals surface area contributed by atoms with E-state index in [0.717, 1.165) is 67.1 Å². The summed E-state index contributed by atoms with van der Waals surface area (Å²) >= 11 is 6.80. The Labute approximate surface area is 367 Å². The average Bonchev–Trinajstić information content (AvgIpc) is 3.93. The zero-order chi connectivity index (χ0) is 45.2. The maximum Gasteiger partial charge on any atom is 0.498 e. The summed E-state index contributed by atoms with van der Waals surface area (Å²) in [6.45, 7) is 24.5. The van der Waals surface area contributed by atoms with Crippen molar-refractivity contribution >= 4 is 50.4 Å². The summed E-state index contributed by atoms with van der Waals surface area (Å²) in [5, 5.41) is 38.4. The zero-order valence-electron chi connectivity index (χ0n) is 38.0. The first-order valence-electron chi connectivity index (χ1n) is 19.5. The molecular formula is C40H65BBr2N10O6. The van der Waals surface area contributed by atoms with Crippen molar-refractivity contribution in [2.45, 2.75) is 120 Å². The first-order valence-corrected chi connectivity index (χ1v) is 21.1. The highest BCUT2D eigenvalue weighted by molar-refractivity contribution is 9.10. The predicted molar refractivity (Wildman–Crippen MR) is 237 cm³/mol. The van der Waals surface area contributed by atoms with Crippen molar-refractivity contribution in [2.75, 3.05) is 6.61 Å². The monoisotopic (exact) mass is 950 g/mol. The van der Waals surface area contributed by atoms with Gasteiger partial charge < -0.3 is 24.3 Å². The van der Waals surface area contributed by atoms with Crippen LogP contribution < -0.4 is 5.46 Å². The number of rotatable bonds is 7. The van der Waals surface area contributed by atoms with Crippen LogP contribution in [0.4, 0.5) is 0 Å². The number of carbonyl (C=O) groups excluding carboxylic acids is 1. The molecule has 19 heteroatoms. The summed E-state index contributed by atoms with van der Waals surface area (Å²) in [6, 6.07) is 3.57. The molecule has 1 saturated heterocycles. The van der Waals surface area contributed by atoms with E-state index in [1.54, 1.807) is 29.4 Å². The minimum atomic E-state index is -0.319. The standard InChI is InChI=1S/C13H23BN2O2.C8H12N2O2.C7H11BrN2.C6H9BrN2O.C6H10N2O/c1-8-10-11(9(2)15-16(10)7)14-17-12(3,4)13(5,6)18-14;1-4-12-8(11)7-5-6(2)9-10(7)3;1-4-6-7(8)5(2)9-10(6)3;1-4-6(7)5(3-10)9(2)8-4;1-5-3-6(4-9)8(2)7-5/h8H2,1-7H3;5H,4H2,1-3H3;4H2,1-3H3;10H,3H2,1-2H3;3,9H,4H2,1-2H3. The lowest BCUT2D eigenvalue weighted by atomic mass is 9.76. The predicted octanol–water partition coefficient (Wildman–Crippen LogP) is 5.75. The van der Waals surface area contributed by atoms with Gasteiger partial charge in [-0.25, -0.2) is 4.79 Å². The number of hydrogen-bond donors (Lipinski definition) is 2. The van der Waals surface area contributed by atoms with Crippen LogP contribution in [-0.2, 0) is 75.3 Å². The molecule has 1 fully saturated rings. The Kier molecular flexibility index (Phi) is 19.5. The largest absolute Gasteiger partial charge is 0.498 e. The van der Waals surface area contributed by atoms with Crippen LogP contribution in [0, 0.1) is 34.6 Å². The van der Waals surface area contributed by atoms with Gasteiger partial charge in [-0.1, -0.05) is 13.8 Å². The van der Waals surface area contributed by atoms with Gasteiger partial charge in [-0.2, -0.15) is 25.5 Å². The van der Waals surface area contributed by atoms with Gasteiger partial charge in [-0.15, -0.1) is 0 Å². The Morgan fingerprint density at radius 2 is 1.10 bits per heavy atom. The summed E-state index contributed by atoms with van der Waals surface area (Å²) in [5.74, 6) is -0.319. The second-order valence-corrected chi connectivity index (χ2v) is 16.6. The summed E-state index contributed by atoms with van der Waals surface area (Å²) in [6.07, 6.45) is 1.95. The number of hydrogen-bond acceptors (Lipinski definition) is 11. The van der Waals surface area contributed by atoms with Crippen LogP contribution in [-0.4, -0.2) is 90.0 Å². The van der Waals surface area contributed by atoms with Crippen molar-refractivity contribution in [3.63, 3.8) is 0 Å². The second kappa shape index (κ2) is 22.3. The number of halogens is 2. The number of aliphatic hydroxyl groups excluding tert-OH is 2. The Balaban J connectivity index is 0.000000261. The molecule has 0 spiro atoms. The topological polar surface area (TPSA) is 174 Å². The summed E-state index contributed by atoms with van der Waals surface area (Å²) in [7, 11) is 8.98. The van der Waals surface area contributed by atoms with Crippen molar-refractivity contribution in [3.05, 3.63) is 78.0 Å². The van der Waals surface area contributed by atoms with E-state index in [0.29, 0.717) is 12.3 Å². The molecule has 328 valence electrons. The molecule has 0 aliphatic carbocycles. The molecule has 59 heavy (non-hydrogen) atoms. The maximum atomic E-state index is 11.2. The third kappa shape index (κ3) is 13.2. The Bertz CT molecular complexity index is 2060. The number of nitrogens with zero attached hydrogens (tertiary/aromatic N) is 10. The molecule has 6 rings (SSSR count). The van der Waals surface area contributed by atoms with Gasteiger partial charge >= 0.3 is 13.1 Å². The molecule has 1 aliphatic heterocycles. The van der Waals surface area contributed by atoms with Crippen LogP contribution in [0.5, 0.6) is 0 Å². The van der Waals surface area contributed by atoms with Gasteiger partial charge in [0.05, 0.1) is 85.5 Å². The van der Waals surface area contributed by atoms with E-state index in [-0.39, 0.29) is 37.5 Å². The zero-order valence-corrected chi connectivity index (χ0v) is 41.2. The molecule has 6 heterocycles. The van der Waals surface area contributed by atoms with Gasteiger partial charge in [0.1, 0.15) is 5.69 Å². The van der Waals surface area contributed by atoms with E-state index in [1.165, 1.54) is 16.1 Å². The highest BCUT2D eigenvalue weighted by Crippen LogP contribution is 2.37. The minimum Gasteiger partial charge on any atom is -0.461 e. The normalized spacial score (nSPS) is 13.7. The molecule has 5 aromatic heterocycles. The molecule has 0 radical (unpaired) electrons. The van der Waals surface area contributed by atoms with E-state index >= 15 is 0 Å². The molecule has 16 nitrogen and oxygen atoms in total. The van der Waals surface area contributed by atoms with Gasteiger partial charge in [0, 0.05) is 46.4 Å². The first kappa shape index (κ1) is 51.5. The SMILES string of the molecule is CCOC(=O)c1cc(C)nn1C.CCc1c(B2OC(C)(C)C(C)(C)O2)c(C)nn1C.CCc1c(Br)c(C)nn1C.Cc1cc(CO)n(C)n1.Cc1nn(C)c(CO)c1Br. The van der Waals surface area contributed by atoms with Crippen LogP contribution in [0.2, 0.25) is 0 Å². The van der Waals surface area contributed by atoms with E-state index in [2.05, 4.69) is 98.9 Å². The van der Waals surface area contributed by atoms with Crippen LogP contribution >= 0.6 is 31.9 Å².